The van der Waals surface area contributed by atoms with Crippen molar-refractivity contribution in [1.82, 2.24) is 0 Å². The van der Waals surface area contributed by atoms with Gasteiger partial charge in [-0.15, -0.1) is 0 Å². The molecule has 11 heavy (non-hydrogen) atoms. The second-order valence-electron chi connectivity index (χ2n) is 2.93. The molecule has 0 spiro atoms. The highest BCUT2D eigenvalue weighted by atomic mass is 16.5. The molecule has 0 saturated heterocycles. The lowest BCUT2D eigenvalue weighted by Crippen LogP contribution is -2.00. The first kappa shape index (κ1) is 8.54. The van der Waals surface area contributed by atoms with Gasteiger partial charge in [0.25, 0.3) is 0 Å². The van der Waals surface area contributed by atoms with Crippen LogP contribution in [0.4, 0.5) is 0 Å². The molecule has 0 amide bonds. The highest BCUT2D eigenvalue weighted by Crippen LogP contribution is 2.16. The fourth-order valence-electron chi connectivity index (χ4n) is 1.29. The first-order valence-corrected chi connectivity index (χ1v) is 4.27. The van der Waals surface area contributed by atoms with E-state index in [1.807, 2.05) is 6.92 Å². The van der Waals surface area contributed by atoms with Gasteiger partial charge in [0.15, 0.2) is 0 Å². The third-order valence-electron chi connectivity index (χ3n) is 1.86. The third-order valence-corrected chi connectivity index (χ3v) is 1.86. The van der Waals surface area contributed by atoms with E-state index in [9.17, 15) is 0 Å². The van der Waals surface area contributed by atoms with Crippen molar-refractivity contribution in [3.63, 3.8) is 0 Å². The number of hydrogen-bond acceptors (Lipinski definition) is 1. The van der Waals surface area contributed by atoms with Gasteiger partial charge in [-0.1, -0.05) is 17.7 Å². The summed E-state index contributed by atoms with van der Waals surface area (Å²) < 4.78 is 5.33. The Kier molecular flexibility index (Phi) is 3.37. The minimum atomic E-state index is 0.820. The van der Waals surface area contributed by atoms with Gasteiger partial charge in [-0.05, 0) is 32.3 Å². The molecule has 1 heteroatoms. The standard InChI is InChI=1S/C10H16O/c1-3-11-8-10-6-4-5-9(2)7-10/h5,7H,3-4,6,8H2,1-2H3. The lowest BCUT2D eigenvalue weighted by atomic mass is 10.0. The van der Waals surface area contributed by atoms with E-state index in [-0.39, 0.29) is 0 Å². The predicted molar refractivity (Wildman–Crippen MR) is 47.6 cm³/mol. The van der Waals surface area contributed by atoms with Gasteiger partial charge in [-0.2, -0.15) is 0 Å². The molecule has 0 unspecified atom stereocenters. The summed E-state index contributed by atoms with van der Waals surface area (Å²) in [5, 5.41) is 0. The number of rotatable bonds is 3. The molecule has 0 N–H and O–H groups in total. The van der Waals surface area contributed by atoms with Crippen LogP contribution >= 0.6 is 0 Å². The molecule has 0 aromatic carbocycles. The maximum atomic E-state index is 5.33. The molecule has 0 bridgehead atoms. The Morgan fingerprint density at radius 2 is 2.36 bits per heavy atom. The van der Waals surface area contributed by atoms with E-state index >= 15 is 0 Å². The zero-order valence-corrected chi connectivity index (χ0v) is 7.39. The Balaban J connectivity index is 2.39. The maximum Gasteiger partial charge on any atom is 0.0679 e. The number of hydrogen-bond donors (Lipinski definition) is 0. The molecule has 1 nitrogen and oxygen atoms in total. The van der Waals surface area contributed by atoms with Crippen molar-refractivity contribution in [1.29, 1.82) is 0 Å². The highest BCUT2D eigenvalue weighted by Gasteiger charge is 2.01. The van der Waals surface area contributed by atoms with E-state index in [1.165, 1.54) is 24.0 Å². The first-order chi connectivity index (χ1) is 5.33. The van der Waals surface area contributed by atoms with E-state index < -0.39 is 0 Å². The van der Waals surface area contributed by atoms with E-state index in [1.54, 1.807) is 0 Å². The largest absolute Gasteiger partial charge is 0.377 e. The molecule has 0 aliphatic heterocycles. The Morgan fingerprint density at radius 3 is 3.00 bits per heavy atom. The topological polar surface area (TPSA) is 9.23 Å². The smallest absolute Gasteiger partial charge is 0.0679 e. The van der Waals surface area contributed by atoms with Crippen LogP contribution in [0.15, 0.2) is 23.3 Å². The lowest BCUT2D eigenvalue weighted by molar-refractivity contribution is 0.168. The zero-order chi connectivity index (χ0) is 8.10. The molecule has 0 aromatic heterocycles. The van der Waals surface area contributed by atoms with Gasteiger partial charge >= 0.3 is 0 Å². The molecule has 1 aliphatic carbocycles. The normalized spacial score (nSPS) is 17.6. The Bertz CT molecular complexity index is 177. The van der Waals surface area contributed by atoms with Crippen LogP contribution in [0.25, 0.3) is 0 Å². The van der Waals surface area contributed by atoms with Crippen LogP contribution in [0, 0.1) is 0 Å². The van der Waals surface area contributed by atoms with Gasteiger partial charge in [-0.3, -0.25) is 0 Å². The van der Waals surface area contributed by atoms with E-state index in [0.717, 1.165) is 13.2 Å². The number of ether oxygens (including phenoxy) is 1. The molecule has 0 heterocycles. The van der Waals surface area contributed by atoms with Crippen molar-refractivity contribution in [2.75, 3.05) is 13.2 Å². The molecule has 0 atom stereocenters. The molecule has 1 aliphatic rings. The quantitative estimate of drug-likeness (QED) is 0.604. The molecular weight excluding hydrogens is 136 g/mol. The molecule has 0 radical (unpaired) electrons. The summed E-state index contributed by atoms with van der Waals surface area (Å²) in [5.41, 5.74) is 2.82. The number of allylic oxidation sites excluding steroid dienone is 3. The van der Waals surface area contributed by atoms with Crippen LogP contribution in [-0.2, 0) is 4.74 Å². The van der Waals surface area contributed by atoms with Crippen molar-refractivity contribution in [3.05, 3.63) is 23.3 Å². The zero-order valence-electron chi connectivity index (χ0n) is 7.39. The van der Waals surface area contributed by atoms with Crippen LogP contribution in [0.2, 0.25) is 0 Å². The Labute approximate surface area is 68.8 Å². The second kappa shape index (κ2) is 4.35. The van der Waals surface area contributed by atoms with Crippen molar-refractivity contribution >= 4 is 0 Å². The lowest BCUT2D eigenvalue weighted by Gasteiger charge is -2.10. The van der Waals surface area contributed by atoms with Crippen LogP contribution in [0.3, 0.4) is 0 Å². The van der Waals surface area contributed by atoms with E-state index in [2.05, 4.69) is 19.1 Å². The predicted octanol–water partition coefficient (Wildman–Crippen LogP) is 2.69. The van der Waals surface area contributed by atoms with E-state index in [0.29, 0.717) is 0 Å². The maximum absolute atomic E-state index is 5.33. The third kappa shape index (κ3) is 2.89. The summed E-state index contributed by atoms with van der Waals surface area (Å²) in [6.07, 6.45) is 6.87. The minimum absolute atomic E-state index is 0.820. The fraction of sp³-hybridized carbons (Fsp3) is 0.600. The van der Waals surface area contributed by atoms with Crippen molar-refractivity contribution in [2.24, 2.45) is 0 Å². The molecule has 0 fully saturated rings. The minimum Gasteiger partial charge on any atom is -0.377 e. The van der Waals surface area contributed by atoms with Gasteiger partial charge in [-0.25, -0.2) is 0 Å². The van der Waals surface area contributed by atoms with Gasteiger partial charge in [0, 0.05) is 6.61 Å². The van der Waals surface area contributed by atoms with Crippen molar-refractivity contribution in [3.8, 4) is 0 Å². The van der Waals surface area contributed by atoms with Gasteiger partial charge in [0.05, 0.1) is 6.61 Å². The van der Waals surface area contributed by atoms with Crippen LogP contribution in [0.1, 0.15) is 26.7 Å². The summed E-state index contributed by atoms with van der Waals surface area (Å²) in [5.74, 6) is 0. The summed E-state index contributed by atoms with van der Waals surface area (Å²) in [4.78, 5) is 0. The van der Waals surface area contributed by atoms with Crippen LogP contribution in [0.5, 0.6) is 0 Å². The first-order valence-electron chi connectivity index (χ1n) is 4.27. The summed E-state index contributed by atoms with van der Waals surface area (Å²) in [7, 11) is 0. The Morgan fingerprint density at radius 1 is 1.55 bits per heavy atom. The van der Waals surface area contributed by atoms with Gasteiger partial charge in [0.2, 0.25) is 0 Å². The van der Waals surface area contributed by atoms with Crippen molar-refractivity contribution < 1.29 is 4.74 Å². The van der Waals surface area contributed by atoms with Crippen LogP contribution < -0.4 is 0 Å². The average molecular weight is 152 g/mol. The fourth-order valence-corrected chi connectivity index (χ4v) is 1.29. The van der Waals surface area contributed by atoms with Crippen LogP contribution in [-0.4, -0.2) is 13.2 Å². The molecule has 62 valence electrons. The van der Waals surface area contributed by atoms with Crippen molar-refractivity contribution in [2.45, 2.75) is 26.7 Å². The Hall–Kier alpha value is -0.560. The summed E-state index contributed by atoms with van der Waals surface area (Å²) >= 11 is 0. The highest BCUT2D eigenvalue weighted by molar-refractivity contribution is 5.26. The summed E-state index contributed by atoms with van der Waals surface area (Å²) in [6.45, 7) is 5.82. The monoisotopic (exact) mass is 152 g/mol. The molecule has 0 saturated carbocycles. The summed E-state index contributed by atoms with van der Waals surface area (Å²) in [6, 6.07) is 0. The SMILES string of the molecule is CCOCC1=CC(C)=CCC1. The molecule has 0 aromatic rings. The molecule has 1 rings (SSSR count). The second-order valence-corrected chi connectivity index (χ2v) is 2.93. The van der Waals surface area contributed by atoms with Gasteiger partial charge < -0.3 is 4.74 Å². The van der Waals surface area contributed by atoms with Gasteiger partial charge in [0.1, 0.15) is 0 Å². The molecular formula is C10H16O. The van der Waals surface area contributed by atoms with E-state index in [4.69, 9.17) is 4.74 Å². The average Bonchev–Trinajstić information content (AvgIpc) is 2.01.